The number of Topliss-reactive ketones (excluding diaryl/α,β-unsaturated/α-hetero) is 1. The number of hydrogen-bond donors (Lipinski definition) is 2. The summed E-state index contributed by atoms with van der Waals surface area (Å²) < 4.78 is 0. The Hall–Kier alpha value is -2.17. The highest BCUT2D eigenvalue weighted by Gasteiger charge is 2.15. The number of ketones is 1. The lowest BCUT2D eigenvalue weighted by Crippen LogP contribution is -2.30. The average molecular weight is 304 g/mol. The number of carbonyl (C=O) groups excluding carboxylic acids is 2. The fraction of sp³-hybridized carbons (Fsp3) is 0.125. The lowest BCUT2D eigenvalue weighted by molar-refractivity contribution is -0.117. The van der Waals surface area contributed by atoms with Gasteiger partial charge in [-0.15, -0.1) is 0 Å². The molecule has 0 fully saturated rings. The van der Waals surface area contributed by atoms with Crippen molar-refractivity contribution in [2.45, 2.75) is 13.2 Å². The molecule has 2 aromatic rings. The van der Waals surface area contributed by atoms with E-state index >= 15 is 0 Å². The molecule has 0 aromatic heterocycles. The molecule has 0 spiro atoms. The van der Waals surface area contributed by atoms with Crippen LogP contribution in [0.4, 0.5) is 0 Å². The van der Waals surface area contributed by atoms with Crippen molar-refractivity contribution in [1.82, 2.24) is 5.32 Å². The van der Waals surface area contributed by atoms with Crippen molar-refractivity contribution >= 4 is 23.3 Å². The summed E-state index contributed by atoms with van der Waals surface area (Å²) in [5.74, 6) is -1.31. The molecule has 2 N–H and O–H groups in total. The van der Waals surface area contributed by atoms with E-state index in [1.807, 2.05) is 6.07 Å². The van der Waals surface area contributed by atoms with Crippen LogP contribution in [0.25, 0.3) is 0 Å². The molecule has 0 heterocycles. The van der Waals surface area contributed by atoms with Gasteiger partial charge in [-0.3, -0.25) is 9.59 Å². The zero-order valence-corrected chi connectivity index (χ0v) is 11.9. The third-order valence-electron chi connectivity index (χ3n) is 3.04. The third-order valence-corrected chi connectivity index (χ3v) is 3.29. The minimum Gasteiger partial charge on any atom is -0.392 e. The second-order valence-corrected chi connectivity index (χ2v) is 4.88. The van der Waals surface area contributed by atoms with Crippen LogP contribution < -0.4 is 5.32 Å². The van der Waals surface area contributed by atoms with E-state index in [0.717, 1.165) is 11.1 Å². The maximum absolute atomic E-state index is 11.9. The number of aliphatic hydroxyl groups is 1. The number of amides is 1. The standard InChI is InChI=1S/C16H14ClNO3/c17-14-7-5-11(6-8-14)15(20)16(21)18-9-12-3-1-2-4-13(12)10-19/h1-8,19H,9-10H2,(H,18,21). The SMILES string of the molecule is O=C(NCc1ccccc1CO)C(=O)c1ccc(Cl)cc1. The van der Waals surface area contributed by atoms with Gasteiger partial charge in [-0.2, -0.15) is 0 Å². The minimum atomic E-state index is -0.690. The fourth-order valence-corrected chi connectivity index (χ4v) is 2.00. The zero-order valence-electron chi connectivity index (χ0n) is 11.2. The average Bonchev–Trinajstić information content (AvgIpc) is 2.52. The van der Waals surface area contributed by atoms with Crippen molar-refractivity contribution in [1.29, 1.82) is 0 Å². The number of carbonyl (C=O) groups is 2. The Balaban J connectivity index is 2.01. The van der Waals surface area contributed by atoms with Gasteiger partial charge in [-0.25, -0.2) is 0 Å². The van der Waals surface area contributed by atoms with E-state index in [4.69, 9.17) is 11.6 Å². The van der Waals surface area contributed by atoms with Gasteiger partial charge in [0, 0.05) is 17.1 Å². The Bertz CT molecular complexity index is 653. The van der Waals surface area contributed by atoms with Gasteiger partial charge in [0.2, 0.25) is 5.78 Å². The highest BCUT2D eigenvalue weighted by molar-refractivity contribution is 6.43. The first-order valence-electron chi connectivity index (χ1n) is 6.37. The summed E-state index contributed by atoms with van der Waals surface area (Å²) in [6.45, 7) is 0.0755. The number of aliphatic hydroxyl groups excluding tert-OH is 1. The van der Waals surface area contributed by atoms with Crippen LogP contribution in [0.3, 0.4) is 0 Å². The zero-order chi connectivity index (χ0) is 15.2. The topological polar surface area (TPSA) is 66.4 Å². The summed E-state index contributed by atoms with van der Waals surface area (Å²) >= 11 is 5.73. The summed E-state index contributed by atoms with van der Waals surface area (Å²) in [5.41, 5.74) is 1.78. The summed E-state index contributed by atoms with van der Waals surface area (Å²) in [6, 6.07) is 13.3. The molecule has 0 saturated heterocycles. The van der Waals surface area contributed by atoms with Gasteiger partial charge in [0.05, 0.1) is 6.61 Å². The molecule has 1 amide bonds. The van der Waals surface area contributed by atoms with Crippen LogP contribution in [-0.4, -0.2) is 16.8 Å². The molecule has 0 aliphatic heterocycles. The normalized spacial score (nSPS) is 10.2. The second kappa shape index (κ2) is 7.02. The maximum Gasteiger partial charge on any atom is 0.292 e. The van der Waals surface area contributed by atoms with Crippen LogP contribution in [0.2, 0.25) is 5.02 Å². The van der Waals surface area contributed by atoms with Crippen molar-refractivity contribution in [2.24, 2.45) is 0 Å². The summed E-state index contributed by atoms with van der Waals surface area (Å²) in [4.78, 5) is 23.8. The lowest BCUT2D eigenvalue weighted by atomic mass is 10.1. The number of halogens is 1. The molecule has 0 aliphatic carbocycles. The smallest absolute Gasteiger partial charge is 0.292 e. The van der Waals surface area contributed by atoms with E-state index in [2.05, 4.69) is 5.32 Å². The molecule has 0 aliphatic rings. The fourth-order valence-electron chi connectivity index (χ4n) is 1.87. The summed E-state index contributed by atoms with van der Waals surface area (Å²) in [5, 5.41) is 12.3. The number of hydrogen-bond acceptors (Lipinski definition) is 3. The largest absolute Gasteiger partial charge is 0.392 e. The van der Waals surface area contributed by atoms with E-state index in [9.17, 15) is 14.7 Å². The lowest BCUT2D eigenvalue weighted by Gasteiger charge is -2.08. The van der Waals surface area contributed by atoms with Crippen molar-refractivity contribution in [3.8, 4) is 0 Å². The molecule has 5 heteroatoms. The van der Waals surface area contributed by atoms with Crippen LogP contribution in [0, 0.1) is 0 Å². The van der Waals surface area contributed by atoms with Gasteiger partial charge in [0.1, 0.15) is 0 Å². The Morgan fingerprint density at radius 3 is 2.24 bits per heavy atom. The molecule has 4 nitrogen and oxygen atoms in total. The highest BCUT2D eigenvalue weighted by Crippen LogP contribution is 2.11. The monoisotopic (exact) mass is 303 g/mol. The number of benzene rings is 2. The molecule has 0 atom stereocenters. The van der Waals surface area contributed by atoms with Crippen LogP contribution >= 0.6 is 11.6 Å². The van der Waals surface area contributed by atoms with Crippen molar-refractivity contribution in [3.63, 3.8) is 0 Å². The van der Waals surface area contributed by atoms with E-state index in [0.29, 0.717) is 5.02 Å². The Morgan fingerprint density at radius 2 is 1.62 bits per heavy atom. The predicted molar refractivity (Wildman–Crippen MR) is 80.0 cm³/mol. The van der Waals surface area contributed by atoms with Gasteiger partial charge in [-0.1, -0.05) is 35.9 Å². The van der Waals surface area contributed by atoms with Crippen LogP contribution in [0.15, 0.2) is 48.5 Å². The third kappa shape index (κ3) is 3.90. The van der Waals surface area contributed by atoms with Gasteiger partial charge < -0.3 is 10.4 Å². The first-order valence-corrected chi connectivity index (χ1v) is 6.75. The van der Waals surface area contributed by atoms with Gasteiger partial charge in [0.25, 0.3) is 5.91 Å². The molecule has 0 unspecified atom stereocenters. The van der Waals surface area contributed by atoms with Crippen LogP contribution in [0.1, 0.15) is 21.5 Å². The number of rotatable bonds is 5. The second-order valence-electron chi connectivity index (χ2n) is 4.45. The predicted octanol–water partition coefficient (Wildman–Crippen LogP) is 2.33. The maximum atomic E-state index is 11.9. The quantitative estimate of drug-likeness (QED) is 0.658. The van der Waals surface area contributed by atoms with Crippen LogP contribution in [0.5, 0.6) is 0 Å². The van der Waals surface area contributed by atoms with Crippen molar-refractivity contribution in [2.75, 3.05) is 0 Å². The Kier molecular flexibility index (Phi) is 5.09. The van der Waals surface area contributed by atoms with Gasteiger partial charge in [-0.05, 0) is 35.4 Å². The van der Waals surface area contributed by atoms with Crippen molar-refractivity contribution in [3.05, 3.63) is 70.2 Å². The molecule has 0 bridgehead atoms. The van der Waals surface area contributed by atoms with Gasteiger partial charge >= 0.3 is 0 Å². The van der Waals surface area contributed by atoms with Gasteiger partial charge in [0.15, 0.2) is 0 Å². The molecule has 2 aromatic carbocycles. The molecular formula is C16H14ClNO3. The van der Waals surface area contributed by atoms with Crippen molar-refractivity contribution < 1.29 is 14.7 Å². The molecular weight excluding hydrogens is 290 g/mol. The molecule has 21 heavy (non-hydrogen) atoms. The highest BCUT2D eigenvalue weighted by atomic mass is 35.5. The minimum absolute atomic E-state index is 0.114. The molecule has 108 valence electrons. The molecule has 0 radical (unpaired) electrons. The first-order chi connectivity index (χ1) is 10.1. The summed E-state index contributed by atoms with van der Waals surface area (Å²) in [7, 11) is 0. The molecule has 0 saturated carbocycles. The molecule has 2 rings (SSSR count). The van der Waals surface area contributed by atoms with E-state index in [-0.39, 0.29) is 18.7 Å². The van der Waals surface area contributed by atoms with Crippen LogP contribution in [-0.2, 0) is 17.9 Å². The Morgan fingerprint density at radius 1 is 1.00 bits per heavy atom. The van der Waals surface area contributed by atoms with E-state index in [1.165, 1.54) is 12.1 Å². The Labute approximate surface area is 127 Å². The summed E-state index contributed by atoms with van der Waals surface area (Å²) in [6.07, 6.45) is 0. The number of nitrogens with one attached hydrogen (secondary N) is 1. The van der Waals surface area contributed by atoms with E-state index in [1.54, 1.807) is 30.3 Å². The first kappa shape index (κ1) is 15.2. The van der Waals surface area contributed by atoms with E-state index < -0.39 is 11.7 Å².